The summed E-state index contributed by atoms with van der Waals surface area (Å²) in [6.07, 6.45) is 4.00. The second-order valence-corrected chi connectivity index (χ2v) is 8.66. The van der Waals surface area contributed by atoms with Crippen LogP contribution < -0.4 is 4.90 Å². The summed E-state index contributed by atoms with van der Waals surface area (Å²) < 4.78 is 49.7. The minimum Gasteiger partial charge on any atom is -0.365 e. The van der Waals surface area contributed by atoms with Gasteiger partial charge in [-0.3, -0.25) is 10.1 Å². The van der Waals surface area contributed by atoms with Gasteiger partial charge in [-0.05, 0) is 42.7 Å². The highest BCUT2D eigenvalue weighted by Crippen LogP contribution is 2.33. The fourth-order valence-corrected chi connectivity index (χ4v) is 3.81. The van der Waals surface area contributed by atoms with Crippen LogP contribution in [0.4, 0.5) is 20.2 Å². The molecule has 9 heteroatoms. The summed E-state index contributed by atoms with van der Waals surface area (Å²) in [7, 11) is -3.55. The lowest BCUT2D eigenvalue weighted by Crippen LogP contribution is -2.31. The third-order valence-electron chi connectivity index (χ3n) is 4.63. The third-order valence-corrected chi connectivity index (χ3v) is 5.74. The van der Waals surface area contributed by atoms with Gasteiger partial charge in [-0.2, -0.15) is 0 Å². The number of halogens is 2. The number of hydrogen-bond acceptors (Lipinski definition) is 5. The van der Waals surface area contributed by atoms with Crippen LogP contribution in [0, 0.1) is 21.7 Å². The van der Waals surface area contributed by atoms with E-state index in [0.29, 0.717) is 37.2 Å². The maximum Gasteiger partial charge on any atom is 0.293 e. The Kier molecular flexibility index (Phi) is 5.46. The van der Waals surface area contributed by atoms with Crippen LogP contribution in [0.1, 0.15) is 18.4 Å². The number of sulfone groups is 1. The Morgan fingerprint density at radius 3 is 2.32 bits per heavy atom. The maximum absolute atomic E-state index is 13.3. The summed E-state index contributed by atoms with van der Waals surface area (Å²) in [5.41, 5.74) is 1.70. The first-order valence-electron chi connectivity index (χ1n) is 8.53. The fraction of sp³-hybridized carbons (Fsp3) is 0.263. The molecule has 6 nitrogen and oxygen atoms in total. The zero-order valence-corrected chi connectivity index (χ0v) is 15.9. The number of nitro benzene ring substituents is 1. The van der Waals surface area contributed by atoms with E-state index in [2.05, 4.69) is 0 Å². The Morgan fingerprint density at radius 1 is 1.07 bits per heavy atom. The maximum atomic E-state index is 13.3. The summed E-state index contributed by atoms with van der Waals surface area (Å²) in [6, 6.07) is 7.60. The highest BCUT2D eigenvalue weighted by Gasteiger charge is 2.24. The third kappa shape index (κ3) is 4.36. The molecule has 0 aromatic heterocycles. The first-order valence-corrected chi connectivity index (χ1v) is 10.4. The first-order chi connectivity index (χ1) is 13.1. The standard InChI is InChI=1S/C19H18F2N2O4S/c1-28(26,27)15-3-5-18(19(12-15)23(24)25)22-8-6-13(7-9-22)10-14-2-4-16(20)17(21)11-14/h2-5,10-12H,6-9H2,1H3. The van der Waals surface area contributed by atoms with Gasteiger partial charge >= 0.3 is 0 Å². The number of rotatable bonds is 4. The molecule has 2 aromatic carbocycles. The van der Waals surface area contributed by atoms with E-state index in [0.717, 1.165) is 30.0 Å². The van der Waals surface area contributed by atoms with E-state index in [4.69, 9.17) is 0 Å². The van der Waals surface area contributed by atoms with Crippen LogP contribution in [0.25, 0.3) is 6.08 Å². The van der Waals surface area contributed by atoms with Gasteiger partial charge in [0, 0.05) is 25.4 Å². The average molecular weight is 408 g/mol. The summed E-state index contributed by atoms with van der Waals surface area (Å²) in [5, 5.41) is 11.4. The number of hydrogen-bond donors (Lipinski definition) is 0. The van der Waals surface area contributed by atoms with E-state index in [1.165, 1.54) is 18.2 Å². The van der Waals surface area contributed by atoms with Crippen molar-refractivity contribution in [1.29, 1.82) is 0 Å². The van der Waals surface area contributed by atoms with Gasteiger partial charge in [0.15, 0.2) is 21.5 Å². The van der Waals surface area contributed by atoms with Gasteiger partial charge in [-0.15, -0.1) is 0 Å². The minimum absolute atomic E-state index is 0.0983. The molecule has 0 unspecified atom stereocenters. The van der Waals surface area contributed by atoms with Crippen LogP contribution in [0.15, 0.2) is 46.9 Å². The van der Waals surface area contributed by atoms with Crippen molar-refractivity contribution < 1.29 is 22.1 Å². The van der Waals surface area contributed by atoms with Crippen molar-refractivity contribution in [2.24, 2.45) is 0 Å². The largest absolute Gasteiger partial charge is 0.365 e. The smallest absolute Gasteiger partial charge is 0.293 e. The number of nitro groups is 1. The molecule has 148 valence electrons. The molecule has 0 radical (unpaired) electrons. The van der Waals surface area contributed by atoms with E-state index in [-0.39, 0.29) is 10.6 Å². The van der Waals surface area contributed by atoms with E-state index < -0.39 is 26.4 Å². The predicted octanol–water partition coefficient (Wildman–Crippen LogP) is 3.96. The van der Waals surface area contributed by atoms with Crippen LogP contribution >= 0.6 is 0 Å². The Morgan fingerprint density at radius 2 is 1.75 bits per heavy atom. The molecule has 3 rings (SSSR count). The highest BCUT2D eigenvalue weighted by molar-refractivity contribution is 7.90. The molecule has 1 saturated heterocycles. The van der Waals surface area contributed by atoms with Crippen LogP contribution in [0.3, 0.4) is 0 Å². The lowest BCUT2D eigenvalue weighted by Gasteiger charge is -2.30. The second kappa shape index (κ2) is 7.67. The molecule has 0 N–H and O–H groups in total. The molecular formula is C19H18F2N2O4S. The topological polar surface area (TPSA) is 80.5 Å². The van der Waals surface area contributed by atoms with Gasteiger partial charge in [0.05, 0.1) is 9.82 Å². The predicted molar refractivity (Wildman–Crippen MR) is 102 cm³/mol. The fourth-order valence-electron chi connectivity index (χ4n) is 3.16. The first kappa shape index (κ1) is 19.9. The summed E-state index contributed by atoms with van der Waals surface area (Å²) in [4.78, 5) is 12.6. The molecule has 2 aromatic rings. The molecule has 0 amide bonds. The van der Waals surface area contributed by atoms with Gasteiger partial charge in [0.2, 0.25) is 0 Å². The molecule has 0 saturated carbocycles. The number of benzene rings is 2. The molecule has 0 bridgehead atoms. The molecule has 0 atom stereocenters. The number of piperidine rings is 1. The monoisotopic (exact) mass is 408 g/mol. The van der Waals surface area contributed by atoms with Crippen molar-refractivity contribution in [1.82, 2.24) is 0 Å². The van der Waals surface area contributed by atoms with Crippen molar-refractivity contribution in [3.8, 4) is 0 Å². The van der Waals surface area contributed by atoms with Crippen molar-refractivity contribution >= 4 is 27.3 Å². The quantitative estimate of drug-likeness (QED) is 0.565. The zero-order chi connectivity index (χ0) is 20.5. The highest BCUT2D eigenvalue weighted by atomic mass is 32.2. The van der Waals surface area contributed by atoms with Crippen molar-refractivity contribution in [3.05, 3.63) is 69.3 Å². The minimum atomic E-state index is -3.55. The normalized spacial score (nSPS) is 14.8. The second-order valence-electron chi connectivity index (χ2n) is 6.64. The van der Waals surface area contributed by atoms with Crippen molar-refractivity contribution in [2.45, 2.75) is 17.7 Å². The lowest BCUT2D eigenvalue weighted by molar-refractivity contribution is -0.384. The Labute approximate surface area is 161 Å². The molecule has 1 aliphatic heterocycles. The summed E-state index contributed by atoms with van der Waals surface area (Å²) in [5.74, 6) is -1.81. The molecule has 1 fully saturated rings. The van der Waals surface area contributed by atoms with Crippen LogP contribution in [0.5, 0.6) is 0 Å². The number of anilines is 1. The molecule has 0 aliphatic carbocycles. The molecule has 1 heterocycles. The van der Waals surface area contributed by atoms with E-state index in [1.807, 2.05) is 4.90 Å². The van der Waals surface area contributed by atoms with Gasteiger partial charge in [-0.25, -0.2) is 17.2 Å². The summed E-state index contributed by atoms with van der Waals surface area (Å²) in [6.45, 7) is 0.989. The van der Waals surface area contributed by atoms with E-state index in [9.17, 15) is 27.3 Å². The zero-order valence-electron chi connectivity index (χ0n) is 15.1. The number of nitrogens with zero attached hydrogens (tertiary/aromatic N) is 2. The van der Waals surface area contributed by atoms with Gasteiger partial charge in [0.25, 0.3) is 5.69 Å². The van der Waals surface area contributed by atoms with E-state index in [1.54, 1.807) is 6.08 Å². The Balaban J connectivity index is 1.80. The van der Waals surface area contributed by atoms with Crippen molar-refractivity contribution in [2.75, 3.05) is 24.2 Å². The Hall–Kier alpha value is -2.81. The van der Waals surface area contributed by atoms with Crippen LogP contribution in [-0.2, 0) is 9.84 Å². The van der Waals surface area contributed by atoms with Gasteiger partial charge < -0.3 is 4.90 Å². The van der Waals surface area contributed by atoms with Crippen LogP contribution in [0.2, 0.25) is 0 Å². The lowest BCUT2D eigenvalue weighted by atomic mass is 10.00. The Bertz CT molecular complexity index is 1060. The molecule has 0 spiro atoms. The van der Waals surface area contributed by atoms with Crippen molar-refractivity contribution in [3.63, 3.8) is 0 Å². The average Bonchev–Trinajstić information content (AvgIpc) is 2.64. The van der Waals surface area contributed by atoms with Crippen LogP contribution in [-0.4, -0.2) is 32.7 Å². The molecule has 28 heavy (non-hydrogen) atoms. The molecular weight excluding hydrogens is 390 g/mol. The van der Waals surface area contributed by atoms with E-state index >= 15 is 0 Å². The SMILES string of the molecule is CS(=O)(=O)c1ccc(N2CCC(=Cc3ccc(F)c(F)c3)CC2)c([N+](=O)[O-])c1. The summed E-state index contributed by atoms with van der Waals surface area (Å²) >= 11 is 0. The molecule has 1 aliphatic rings. The van der Waals surface area contributed by atoms with Gasteiger partial charge in [0.1, 0.15) is 5.69 Å². The van der Waals surface area contributed by atoms with Gasteiger partial charge in [-0.1, -0.05) is 17.7 Å².